The molecule has 1 N–H and O–H groups in total. The summed E-state index contributed by atoms with van der Waals surface area (Å²) >= 11 is 2.06. The minimum atomic E-state index is -0.0898. The minimum Gasteiger partial charge on any atom is -0.304 e. The maximum atomic E-state index is 12.1. The van der Waals surface area contributed by atoms with Crippen molar-refractivity contribution in [2.24, 2.45) is 5.92 Å². The highest BCUT2D eigenvalue weighted by Crippen LogP contribution is 2.19. The van der Waals surface area contributed by atoms with Gasteiger partial charge in [-0.2, -0.15) is 0 Å². The lowest BCUT2D eigenvalue weighted by atomic mass is 10.1. The number of hydrogen-bond acceptors (Lipinski definition) is 3. The number of pyridine rings is 1. The number of rotatable bonds is 3. The maximum Gasteiger partial charge on any atom is 0.264 e. The van der Waals surface area contributed by atoms with Gasteiger partial charge in [0.25, 0.3) is 5.56 Å². The summed E-state index contributed by atoms with van der Waals surface area (Å²) in [6, 6.07) is 2.04. The number of aromatic amines is 1. The van der Waals surface area contributed by atoms with Crippen LogP contribution in [0, 0.1) is 23.3 Å². The fourth-order valence-corrected chi connectivity index (χ4v) is 2.58. The number of aromatic nitrogens is 3. The van der Waals surface area contributed by atoms with E-state index in [-0.39, 0.29) is 5.56 Å². The Morgan fingerprint density at radius 1 is 1.35 bits per heavy atom. The van der Waals surface area contributed by atoms with Gasteiger partial charge >= 0.3 is 0 Å². The van der Waals surface area contributed by atoms with E-state index in [4.69, 9.17) is 0 Å². The van der Waals surface area contributed by atoms with E-state index in [9.17, 15) is 4.79 Å². The number of halogens is 1. The summed E-state index contributed by atoms with van der Waals surface area (Å²) in [5.41, 5.74) is 3.62. The normalized spacial score (nSPS) is 11.1. The number of H-pyrrole nitrogens is 1. The second-order valence-corrected chi connectivity index (χ2v) is 6.53. The predicted octanol–water partition coefficient (Wildman–Crippen LogP) is 3.25. The smallest absolute Gasteiger partial charge is 0.264 e. The predicted molar refractivity (Wildman–Crippen MR) is 88.8 cm³/mol. The molecule has 0 aromatic carbocycles. The number of hydrogen-bond donors (Lipinski definition) is 1. The van der Waals surface area contributed by atoms with Gasteiger partial charge in [0, 0.05) is 6.20 Å². The van der Waals surface area contributed by atoms with Crippen LogP contribution in [-0.2, 0) is 6.42 Å². The van der Waals surface area contributed by atoms with E-state index < -0.39 is 0 Å². The molecule has 20 heavy (non-hydrogen) atoms. The first-order chi connectivity index (χ1) is 9.38. The van der Waals surface area contributed by atoms with Crippen LogP contribution in [0.3, 0.4) is 0 Å². The average molecular weight is 383 g/mol. The van der Waals surface area contributed by atoms with E-state index in [1.54, 1.807) is 6.20 Å². The number of nitrogens with zero attached hydrogens (tertiary/aromatic N) is 2. The highest BCUT2D eigenvalue weighted by atomic mass is 127. The molecule has 0 aliphatic carbocycles. The van der Waals surface area contributed by atoms with E-state index >= 15 is 0 Å². The summed E-state index contributed by atoms with van der Waals surface area (Å²) < 4.78 is 0.671. The molecule has 0 saturated carbocycles. The molecule has 2 heterocycles. The number of nitrogens with one attached hydrogen (secondary N) is 1. The van der Waals surface area contributed by atoms with Gasteiger partial charge in [-0.05, 0) is 59.9 Å². The lowest BCUT2D eigenvalue weighted by molar-refractivity contribution is 0.631. The highest BCUT2D eigenvalue weighted by molar-refractivity contribution is 14.1. The largest absolute Gasteiger partial charge is 0.304 e. The SMILES string of the molecule is Cc1cnc(-c2nc(CC(C)C)c(I)c(=O)[nH]2)c(C)c1. The van der Waals surface area contributed by atoms with Crippen molar-refractivity contribution in [3.8, 4) is 11.5 Å². The molecule has 0 saturated heterocycles. The Morgan fingerprint density at radius 2 is 2.05 bits per heavy atom. The van der Waals surface area contributed by atoms with E-state index in [0.717, 1.165) is 28.9 Å². The standard InChI is InChI=1S/C15H18IN3O/c1-8(2)5-11-12(16)15(20)19-14(18-11)13-10(4)6-9(3)7-17-13/h6-8H,5H2,1-4H3,(H,18,19,20). The first-order valence-electron chi connectivity index (χ1n) is 6.60. The Balaban J connectivity index is 2.57. The van der Waals surface area contributed by atoms with Gasteiger partial charge in [0.05, 0.1) is 9.26 Å². The molecule has 0 aliphatic rings. The summed E-state index contributed by atoms with van der Waals surface area (Å²) in [7, 11) is 0. The highest BCUT2D eigenvalue weighted by Gasteiger charge is 2.13. The summed E-state index contributed by atoms with van der Waals surface area (Å²) in [5, 5.41) is 0. The van der Waals surface area contributed by atoms with Gasteiger partial charge in [-0.15, -0.1) is 0 Å². The molecule has 106 valence electrons. The molecule has 0 atom stereocenters. The second-order valence-electron chi connectivity index (χ2n) is 5.45. The molecular formula is C15H18IN3O. The van der Waals surface area contributed by atoms with E-state index in [1.165, 1.54) is 0 Å². The summed E-state index contributed by atoms with van der Waals surface area (Å²) in [5.74, 6) is 1.02. The Morgan fingerprint density at radius 3 is 2.65 bits per heavy atom. The van der Waals surface area contributed by atoms with Gasteiger partial charge in [0.1, 0.15) is 5.69 Å². The molecule has 5 heteroatoms. The topological polar surface area (TPSA) is 58.6 Å². The first kappa shape index (κ1) is 15.2. The Labute approximate surface area is 132 Å². The first-order valence-corrected chi connectivity index (χ1v) is 7.68. The molecule has 2 aromatic rings. The van der Waals surface area contributed by atoms with E-state index in [2.05, 4.69) is 51.4 Å². The average Bonchev–Trinajstić information content (AvgIpc) is 2.34. The quantitative estimate of drug-likeness (QED) is 0.828. The zero-order chi connectivity index (χ0) is 14.9. The molecule has 0 spiro atoms. The van der Waals surface area contributed by atoms with Crippen molar-refractivity contribution < 1.29 is 0 Å². The molecule has 0 aliphatic heterocycles. The van der Waals surface area contributed by atoms with Crippen LogP contribution >= 0.6 is 22.6 Å². The molecule has 0 bridgehead atoms. The van der Waals surface area contributed by atoms with Gasteiger partial charge in [0.2, 0.25) is 0 Å². The van der Waals surface area contributed by atoms with Crippen molar-refractivity contribution >= 4 is 22.6 Å². The van der Waals surface area contributed by atoms with Crippen molar-refractivity contribution in [3.63, 3.8) is 0 Å². The van der Waals surface area contributed by atoms with E-state index in [1.807, 2.05) is 19.9 Å². The van der Waals surface area contributed by atoms with Gasteiger partial charge in [-0.3, -0.25) is 9.78 Å². The second kappa shape index (κ2) is 6.03. The van der Waals surface area contributed by atoms with Crippen LogP contribution < -0.4 is 5.56 Å². The van der Waals surface area contributed by atoms with Crippen molar-refractivity contribution in [3.05, 3.63) is 43.0 Å². The third-order valence-corrected chi connectivity index (χ3v) is 4.08. The lowest BCUT2D eigenvalue weighted by Crippen LogP contribution is -2.18. The van der Waals surface area contributed by atoms with Gasteiger partial charge in [-0.25, -0.2) is 4.98 Å². The molecule has 2 aromatic heterocycles. The van der Waals surface area contributed by atoms with Crippen LogP contribution in [0.15, 0.2) is 17.1 Å². The summed E-state index contributed by atoms with van der Waals surface area (Å²) in [6.07, 6.45) is 2.59. The lowest BCUT2D eigenvalue weighted by Gasteiger charge is -2.10. The van der Waals surface area contributed by atoms with Crippen LogP contribution in [0.4, 0.5) is 0 Å². The van der Waals surface area contributed by atoms with E-state index in [0.29, 0.717) is 15.3 Å². The molecule has 2 rings (SSSR count). The van der Waals surface area contributed by atoms with Gasteiger partial charge in [0.15, 0.2) is 5.82 Å². The van der Waals surface area contributed by atoms with Crippen molar-refractivity contribution in [2.45, 2.75) is 34.1 Å². The maximum absolute atomic E-state index is 12.1. The zero-order valence-corrected chi connectivity index (χ0v) is 14.3. The molecule has 0 amide bonds. The zero-order valence-electron chi connectivity index (χ0n) is 12.1. The van der Waals surface area contributed by atoms with Gasteiger partial charge in [-0.1, -0.05) is 19.9 Å². The molecule has 0 radical (unpaired) electrons. The molecule has 0 fully saturated rings. The van der Waals surface area contributed by atoms with Crippen molar-refractivity contribution in [1.29, 1.82) is 0 Å². The Kier molecular flexibility index (Phi) is 4.57. The van der Waals surface area contributed by atoms with Gasteiger partial charge < -0.3 is 4.98 Å². The summed E-state index contributed by atoms with van der Waals surface area (Å²) in [4.78, 5) is 23.9. The summed E-state index contributed by atoms with van der Waals surface area (Å²) in [6.45, 7) is 8.22. The molecule has 0 unspecified atom stereocenters. The third kappa shape index (κ3) is 3.26. The van der Waals surface area contributed by atoms with Crippen molar-refractivity contribution in [1.82, 2.24) is 15.0 Å². The van der Waals surface area contributed by atoms with Crippen molar-refractivity contribution in [2.75, 3.05) is 0 Å². The Hall–Kier alpha value is -1.24. The van der Waals surface area contributed by atoms with Crippen LogP contribution in [0.5, 0.6) is 0 Å². The number of aryl methyl sites for hydroxylation is 2. The fraction of sp³-hybridized carbons (Fsp3) is 0.400. The van der Waals surface area contributed by atoms with Crippen LogP contribution in [0.2, 0.25) is 0 Å². The minimum absolute atomic E-state index is 0.0898. The van der Waals surface area contributed by atoms with Crippen LogP contribution in [0.1, 0.15) is 30.7 Å². The van der Waals surface area contributed by atoms with Crippen LogP contribution in [0.25, 0.3) is 11.5 Å². The Bertz CT molecular complexity index is 692. The molecule has 4 nitrogen and oxygen atoms in total. The van der Waals surface area contributed by atoms with Crippen LogP contribution in [-0.4, -0.2) is 15.0 Å². The fourth-order valence-electron chi connectivity index (χ4n) is 2.10. The monoisotopic (exact) mass is 383 g/mol. The third-order valence-electron chi connectivity index (χ3n) is 2.97. The molecular weight excluding hydrogens is 365 g/mol.